The molecule has 4 nitrogen and oxygen atoms in total. The van der Waals surface area contributed by atoms with E-state index in [1.807, 2.05) is 42.3 Å². The largest absolute Gasteiger partial charge is 0.375 e. The van der Waals surface area contributed by atoms with Gasteiger partial charge >= 0.3 is 0 Å². The fourth-order valence-electron chi connectivity index (χ4n) is 2.37. The normalized spacial score (nSPS) is 20.3. The van der Waals surface area contributed by atoms with Gasteiger partial charge in [-0.15, -0.1) is 0 Å². The van der Waals surface area contributed by atoms with E-state index < -0.39 is 0 Å². The molecule has 18 heavy (non-hydrogen) atoms. The second-order valence-corrected chi connectivity index (χ2v) is 4.71. The van der Waals surface area contributed by atoms with Crippen LogP contribution in [0.2, 0.25) is 0 Å². The number of benzene rings is 1. The smallest absolute Gasteiger partial charge is 0.254 e. The molecule has 1 amide bonds. The van der Waals surface area contributed by atoms with Gasteiger partial charge in [0.05, 0.1) is 12.7 Å². The van der Waals surface area contributed by atoms with Crippen molar-refractivity contribution in [1.82, 2.24) is 9.88 Å². The number of H-pyrrole nitrogens is 1. The maximum Gasteiger partial charge on any atom is 0.254 e. The Bertz CT molecular complexity index is 576. The summed E-state index contributed by atoms with van der Waals surface area (Å²) in [6.45, 7) is 3.96. The minimum absolute atomic E-state index is 0.0910. The summed E-state index contributed by atoms with van der Waals surface area (Å²) >= 11 is 0. The maximum absolute atomic E-state index is 12.4. The summed E-state index contributed by atoms with van der Waals surface area (Å²) in [5.74, 6) is 0.0910. The van der Waals surface area contributed by atoms with E-state index in [9.17, 15) is 4.79 Å². The molecular formula is C14H16N2O2. The van der Waals surface area contributed by atoms with Gasteiger partial charge in [0.1, 0.15) is 0 Å². The SMILES string of the molecule is CC1CN(C(=O)c2ccc3[nH]ccc3c2)CCO1. The summed E-state index contributed by atoms with van der Waals surface area (Å²) in [4.78, 5) is 17.4. The van der Waals surface area contributed by atoms with E-state index in [2.05, 4.69) is 4.98 Å². The Balaban J connectivity index is 1.86. The van der Waals surface area contributed by atoms with Gasteiger partial charge in [0.2, 0.25) is 0 Å². The van der Waals surface area contributed by atoms with Crippen molar-refractivity contribution in [2.45, 2.75) is 13.0 Å². The standard InChI is InChI=1S/C14H16N2O2/c1-10-9-16(6-7-18-10)14(17)12-2-3-13-11(8-12)4-5-15-13/h2-5,8,10,15H,6-7,9H2,1H3. The molecule has 94 valence electrons. The molecule has 4 heteroatoms. The highest BCUT2D eigenvalue weighted by Crippen LogP contribution is 2.17. The van der Waals surface area contributed by atoms with Crippen LogP contribution in [0.15, 0.2) is 30.5 Å². The number of rotatable bonds is 1. The van der Waals surface area contributed by atoms with Crippen LogP contribution in [0.25, 0.3) is 10.9 Å². The van der Waals surface area contributed by atoms with E-state index in [4.69, 9.17) is 4.74 Å². The van der Waals surface area contributed by atoms with Gasteiger partial charge in [-0.1, -0.05) is 0 Å². The molecule has 1 aliphatic rings. The molecule has 0 radical (unpaired) electrons. The van der Waals surface area contributed by atoms with Gasteiger partial charge in [0.15, 0.2) is 0 Å². The van der Waals surface area contributed by atoms with Crippen LogP contribution in [-0.4, -0.2) is 41.6 Å². The molecule has 1 N–H and O–H groups in total. The third-order valence-electron chi connectivity index (χ3n) is 3.33. The van der Waals surface area contributed by atoms with Gasteiger partial charge in [-0.05, 0) is 31.2 Å². The van der Waals surface area contributed by atoms with Crippen LogP contribution in [0.3, 0.4) is 0 Å². The van der Waals surface area contributed by atoms with Crippen molar-refractivity contribution >= 4 is 16.8 Å². The lowest BCUT2D eigenvalue weighted by atomic mass is 10.1. The van der Waals surface area contributed by atoms with Crippen LogP contribution in [0.4, 0.5) is 0 Å². The zero-order valence-corrected chi connectivity index (χ0v) is 10.3. The Morgan fingerprint density at radius 3 is 3.17 bits per heavy atom. The Morgan fingerprint density at radius 1 is 1.44 bits per heavy atom. The molecule has 1 fully saturated rings. The highest BCUT2D eigenvalue weighted by atomic mass is 16.5. The maximum atomic E-state index is 12.4. The third-order valence-corrected chi connectivity index (χ3v) is 3.33. The predicted molar refractivity (Wildman–Crippen MR) is 69.6 cm³/mol. The summed E-state index contributed by atoms with van der Waals surface area (Å²) < 4.78 is 5.45. The molecule has 1 atom stereocenters. The Kier molecular flexibility index (Phi) is 2.80. The summed E-state index contributed by atoms with van der Waals surface area (Å²) in [6.07, 6.45) is 2.01. The van der Waals surface area contributed by atoms with Gasteiger partial charge in [-0.3, -0.25) is 4.79 Å². The second-order valence-electron chi connectivity index (χ2n) is 4.71. The molecule has 1 aliphatic heterocycles. The monoisotopic (exact) mass is 244 g/mol. The molecule has 3 rings (SSSR count). The average Bonchev–Trinajstić information content (AvgIpc) is 2.85. The number of ether oxygens (including phenoxy) is 1. The highest BCUT2D eigenvalue weighted by Gasteiger charge is 2.22. The lowest BCUT2D eigenvalue weighted by Gasteiger charge is -2.31. The number of carbonyl (C=O) groups excluding carboxylic acids is 1. The number of morpholine rings is 1. The van der Waals surface area contributed by atoms with Crippen molar-refractivity contribution in [1.29, 1.82) is 0 Å². The lowest BCUT2D eigenvalue weighted by molar-refractivity contribution is -0.0124. The van der Waals surface area contributed by atoms with Crippen molar-refractivity contribution in [3.05, 3.63) is 36.0 Å². The number of fused-ring (bicyclic) bond motifs is 1. The predicted octanol–water partition coefficient (Wildman–Crippen LogP) is 2.03. The third kappa shape index (κ3) is 1.99. The van der Waals surface area contributed by atoms with Crippen molar-refractivity contribution in [3.63, 3.8) is 0 Å². The number of amides is 1. The minimum atomic E-state index is 0.0910. The number of aromatic amines is 1. The van der Waals surface area contributed by atoms with Crippen LogP contribution < -0.4 is 0 Å². The van der Waals surface area contributed by atoms with Gasteiger partial charge in [0, 0.05) is 35.8 Å². The highest BCUT2D eigenvalue weighted by molar-refractivity contribution is 5.98. The zero-order chi connectivity index (χ0) is 12.5. The molecule has 1 unspecified atom stereocenters. The van der Waals surface area contributed by atoms with Crippen LogP contribution in [0.1, 0.15) is 17.3 Å². The summed E-state index contributed by atoms with van der Waals surface area (Å²) in [5.41, 5.74) is 1.80. The summed E-state index contributed by atoms with van der Waals surface area (Å²) in [7, 11) is 0. The number of hydrogen-bond donors (Lipinski definition) is 1. The Labute approximate surface area is 106 Å². The van der Waals surface area contributed by atoms with E-state index in [0.717, 1.165) is 16.5 Å². The van der Waals surface area contributed by atoms with Gasteiger partial charge in [-0.2, -0.15) is 0 Å². The number of hydrogen-bond acceptors (Lipinski definition) is 2. The Hall–Kier alpha value is -1.81. The molecule has 1 aromatic carbocycles. The molecule has 0 bridgehead atoms. The fraction of sp³-hybridized carbons (Fsp3) is 0.357. The number of aromatic nitrogens is 1. The fourth-order valence-corrected chi connectivity index (χ4v) is 2.37. The Morgan fingerprint density at radius 2 is 2.33 bits per heavy atom. The number of carbonyl (C=O) groups is 1. The van der Waals surface area contributed by atoms with Crippen LogP contribution in [-0.2, 0) is 4.74 Å². The van der Waals surface area contributed by atoms with E-state index in [0.29, 0.717) is 19.7 Å². The zero-order valence-electron chi connectivity index (χ0n) is 10.3. The van der Waals surface area contributed by atoms with Gasteiger partial charge in [0.25, 0.3) is 5.91 Å². The van der Waals surface area contributed by atoms with Crippen molar-refractivity contribution < 1.29 is 9.53 Å². The number of nitrogens with zero attached hydrogens (tertiary/aromatic N) is 1. The average molecular weight is 244 g/mol. The van der Waals surface area contributed by atoms with E-state index >= 15 is 0 Å². The first kappa shape index (κ1) is 11.3. The molecule has 1 saturated heterocycles. The van der Waals surface area contributed by atoms with Crippen LogP contribution in [0, 0.1) is 0 Å². The molecule has 1 aromatic heterocycles. The van der Waals surface area contributed by atoms with Crippen molar-refractivity contribution in [2.24, 2.45) is 0 Å². The topological polar surface area (TPSA) is 45.3 Å². The van der Waals surface area contributed by atoms with Crippen LogP contribution >= 0.6 is 0 Å². The first-order chi connectivity index (χ1) is 8.74. The van der Waals surface area contributed by atoms with Crippen LogP contribution in [0.5, 0.6) is 0 Å². The summed E-state index contributed by atoms with van der Waals surface area (Å²) in [5, 5.41) is 1.07. The molecular weight excluding hydrogens is 228 g/mol. The lowest BCUT2D eigenvalue weighted by Crippen LogP contribution is -2.44. The number of nitrogens with one attached hydrogen (secondary N) is 1. The quantitative estimate of drug-likeness (QED) is 0.834. The van der Waals surface area contributed by atoms with E-state index in [1.54, 1.807) is 0 Å². The molecule has 0 spiro atoms. The van der Waals surface area contributed by atoms with Crippen molar-refractivity contribution in [3.8, 4) is 0 Å². The van der Waals surface area contributed by atoms with Gasteiger partial charge < -0.3 is 14.6 Å². The van der Waals surface area contributed by atoms with E-state index in [1.165, 1.54) is 0 Å². The molecule has 0 aliphatic carbocycles. The molecule has 0 saturated carbocycles. The first-order valence-corrected chi connectivity index (χ1v) is 6.22. The second kappa shape index (κ2) is 4.46. The molecule has 2 heterocycles. The van der Waals surface area contributed by atoms with E-state index in [-0.39, 0.29) is 12.0 Å². The van der Waals surface area contributed by atoms with Crippen molar-refractivity contribution in [2.75, 3.05) is 19.7 Å². The summed E-state index contributed by atoms with van der Waals surface area (Å²) in [6, 6.07) is 7.75. The first-order valence-electron chi connectivity index (χ1n) is 6.22. The van der Waals surface area contributed by atoms with Gasteiger partial charge in [-0.25, -0.2) is 0 Å². The minimum Gasteiger partial charge on any atom is -0.375 e. The molecule has 2 aromatic rings.